The van der Waals surface area contributed by atoms with Gasteiger partial charge in [0.1, 0.15) is 12.4 Å². The number of aliphatic hydroxyl groups is 1. The van der Waals surface area contributed by atoms with Crippen LogP contribution in [0.15, 0.2) is 48.5 Å². The molecule has 2 aromatic carbocycles. The number of carbonyl (C=O) groups is 1. The summed E-state index contributed by atoms with van der Waals surface area (Å²) < 4.78 is 5.68. The van der Waals surface area contributed by atoms with E-state index in [9.17, 15) is 9.90 Å². The zero-order valence-electron chi connectivity index (χ0n) is 14.2. The van der Waals surface area contributed by atoms with Crippen molar-refractivity contribution in [1.82, 2.24) is 5.32 Å². The standard InChI is InChI=1S/C20H22N2O3/c1-2-18(23)10-11-22-20(24)17-5-3-4-16(12-17)14-25-19-8-6-15(13-21)7-9-19/h3-9,12,18,23H,2,10-11,14H2,1H3,(H,22,24). The summed E-state index contributed by atoms with van der Waals surface area (Å²) in [5.74, 6) is 0.505. The maximum Gasteiger partial charge on any atom is 0.251 e. The van der Waals surface area contributed by atoms with E-state index in [1.54, 1.807) is 36.4 Å². The number of hydrogen-bond acceptors (Lipinski definition) is 4. The Morgan fingerprint density at radius 2 is 2.04 bits per heavy atom. The first-order valence-electron chi connectivity index (χ1n) is 8.30. The summed E-state index contributed by atoms with van der Waals surface area (Å²) in [6, 6.07) is 16.2. The lowest BCUT2D eigenvalue weighted by atomic mass is 10.1. The Labute approximate surface area is 147 Å². The summed E-state index contributed by atoms with van der Waals surface area (Å²) in [6.45, 7) is 2.69. The van der Waals surface area contributed by atoms with Gasteiger partial charge in [0.15, 0.2) is 0 Å². The van der Waals surface area contributed by atoms with Crippen LogP contribution in [0.4, 0.5) is 0 Å². The summed E-state index contributed by atoms with van der Waals surface area (Å²) in [6.07, 6.45) is 0.842. The molecule has 0 aliphatic carbocycles. The minimum atomic E-state index is -0.382. The number of hydrogen-bond donors (Lipinski definition) is 2. The number of nitriles is 1. The van der Waals surface area contributed by atoms with E-state index in [-0.39, 0.29) is 12.0 Å². The number of nitrogens with one attached hydrogen (secondary N) is 1. The van der Waals surface area contributed by atoms with Crippen molar-refractivity contribution in [1.29, 1.82) is 5.26 Å². The Kier molecular flexibility index (Phi) is 7.00. The Hall–Kier alpha value is -2.84. The van der Waals surface area contributed by atoms with Crippen LogP contribution in [0.3, 0.4) is 0 Å². The molecule has 5 nitrogen and oxygen atoms in total. The summed E-state index contributed by atoms with van der Waals surface area (Å²) in [4.78, 5) is 12.1. The van der Waals surface area contributed by atoms with Crippen molar-refractivity contribution in [3.05, 3.63) is 65.2 Å². The highest BCUT2D eigenvalue weighted by Crippen LogP contribution is 2.14. The van der Waals surface area contributed by atoms with Crippen molar-refractivity contribution in [3.63, 3.8) is 0 Å². The highest BCUT2D eigenvalue weighted by Gasteiger charge is 2.07. The van der Waals surface area contributed by atoms with Gasteiger partial charge in [-0.1, -0.05) is 19.1 Å². The van der Waals surface area contributed by atoms with Crippen LogP contribution in [-0.2, 0) is 6.61 Å². The maximum absolute atomic E-state index is 12.1. The molecule has 0 saturated heterocycles. The summed E-state index contributed by atoms with van der Waals surface area (Å²) >= 11 is 0. The molecule has 0 spiro atoms. The van der Waals surface area contributed by atoms with Gasteiger partial charge in [0.2, 0.25) is 0 Å². The molecule has 0 bridgehead atoms. The van der Waals surface area contributed by atoms with Crippen LogP contribution >= 0.6 is 0 Å². The molecule has 0 aliphatic rings. The Morgan fingerprint density at radius 3 is 2.72 bits per heavy atom. The highest BCUT2D eigenvalue weighted by atomic mass is 16.5. The number of carbonyl (C=O) groups excluding carboxylic acids is 1. The van der Waals surface area contributed by atoms with Gasteiger partial charge < -0.3 is 15.2 Å². The van der Waals surface area contributed by atoms with Gasteiger partial charge in [0.25, 0.3) is 5.91 Å². The topological polar surface area (TPSA) is 82.3 Å². The average Bonchev–Trinajstić information content (AvgIpc) is 2.66. The minimum Gasteiger partial charge on any atom is -0.489 e. The summed E-state index contributed by atoms with van der Waals surface area (Å²) in [7, 11) is 0. The van der Waals surface area contributed by atoms with Crippen molar-refractivity contribution in [3.8, 4) is 11.8 Å². The fourth-order valence-corrected chi connectivity index (χ4v) is 2.25. The SMILES string of the molecule is CCC(O)CCNC(=O)c1cccc(COc2ccc(C#N)cc2)c1. The zero-order chi connectivity index (χ0) is 18.1. The Balaban J connectivity index is 1.89. The molecular weight excluding hydrogens is 316 g/mol. The fourth-order valence-electron chi connectivity index (χ4n) is 2.25. The van der Waals surface area contributed by atoms with Crippen LogP contribution in [0.5, 0.6) is 5.75 Å². The molecule has 0 aliphatic heterocycles. The normalized spacial score (nSPS) is 11.4. The van der Waals surface area contributed by atoms with E-state index < -0.39 is 0 Å². The number of benzene rings is 2. The van der Waals surface area contributed by atoms with Crippen molar-refractivity contribution >= 4 is 5.91 Å². The van der Waals surface area contributed by atoms with Crippen LogP contribution in [0.1, 0.15) is 41.3 Å². The second-order valence-corrected chi connectivity index (χ2v) is 5.73. The molecular formula is C20H22N2O3. The van der Waals surface area contributed by atoms with Crippen LogP contribution in [0, 0.1) is 11.3 Å². The molecule has 0 heterocycles. The molecule has 2 N–H and O–H groups in total. The van der Waals surface area contributed by atoms with Crippen molar-refractivity contribution < 1.29 is 14.6 Å². The van der Waals surface area contributed by atoms with Gasteiger partial charge in [-0.05, 0) is 54.8 Å². The van der Waals surface area contributed by atoms with E-state index in [0.29, 0.717) is 42.9 Å². The second kappa shape index (κ2) is 9.45. The van der Waals surface area contributed by atoms with Gasteiger partial charge in [0.05, 0.1) is 17.7 Å². The summed E-state index contributed by atoms with van der Waals surface area (Å²) in [5, 5.41) is 21.1. The average molecular weight is 338 g/mol. The first-order valence-corrected chi connectivity index (χ1v) is 8.30. The maximum atomic E-state index is 12.1. The van der Waals surface area contributed by atoms with E-state index >= 15 is 0 Å². The van der Waals surface area contributed by atoms with E-state index in [1.165, 1.54) is 0 Å². The lowest BCUT2D eigenvalue weighted by Gasteiger charge is -2.10. The number of amides is 1. The molecule has 0 saturated carbocycles. The smallest absolute Gasteiger partial charge is 0.251 e. The zero-order valence-corrected chi connectivity index (χ0v) is 14.2. The van der Waals surface area contributed by atoms with Gasteiger partial charge >= 0.3 is 0 Å². The van der Waals surface area contributed by atoms with E-state index in [0.717, 1.165) is 5.56 Å². The fraction of sp³-hybridized carbons (Fsp3) is 0.300. The lowest BCUT2D eigenvalue weighted by molar-refractivity contribution is 0.0942. The van der Waals surface area contributed by atoms with Crippen molar-refractivity contribution in [2.24, 2.45) is 0 Å². The van der Waals surface area contributed by atoms with Gasteiger partial charge in [-0.3, -0.25) is 4.79 Å². The quantitative estimate of drug-likeness (QED) is 0.775. The third-order valence-electron chi connectivity index (χ3n) is 3.81. The molecule has 2 aromatic rings. The summed E-state index contributed by atoms with van der Waals surface area (Å²) in [5.41, 5.74) is 2.02. The molecule has 5 heteroatoms. The molecule has 0 fully saturated rings. The van der Waals surface area contributed by atoms with Crippen molar-refractivity contribution in [2.45, 2.75) is 32.5 Å². The van der Waals surface area contributed by atoms with Gasteiger partial charge in [-0.15, -0.1) is 0 Å². The van der Waals surface area contributed by atoms with Crippen LogP contribution in [0.2, 0.25) is 0 Å². The van der Waals surface area contributed by atoms with Crippen molar-refractivity contribution in [2.75, 3.05) is 6.54 Å². The molecule has 2 rings (SSSR count). The van der Waals surface area contributed by atoms with Crippen LogP contribution in [-0.4, -0.2) is 23.7 Å². The number of ether oxygens (including phenoxy) is 1. The predicted molar refractivity (Wildman–Crippen MR) is 95.2 cm³/mol. The molecule has 130 valence electrons. The first-order chi connectivity index (χ1) is 12.1. The monoisotopic (exact) mass is 338 g/mol. The molecule has 0 aromatic heterocycles. The van der Waals surface area contributed by atoms with Gasteiger partial charge in [-0.2, -0.15) is 5.26 Å². The third kappa shape index (κ3) is 5.94. The number of aliphatic hydroxyl groups excluding tert-OH is 1. The molecule has 1 amide bonds. The van der Waals surface area contributed by atoms with Gasteiger partial charge in [0, 0.05) is 12.1 Å². The van der Waals surface area contributed by atoms with E-state index in [2.05, 4.69) is 11.4 Å². The van der Waals surface area contributed by atoms with E-state index in [1.807, 2.05) is 19.1 Å². The largest absolute Gasteiger partial charge is 0.489 e. The number of rotatable bonds is 8. The first kappa shape index (κ1) is 18.5. The molecule has 0 radical (unpaired) electrons. The van der Waals surface area contributed by atoms with Crippen LogP contribution < -0.4 is 10.1 Å². The molecule has 25 heavy (non-hydrogen) atoms. The molecule has 1 atom stereocenters. The Morgan fingerprint density at radius 1 is 1.28 bits per heavy atom. The predicted octanol–water partition coefficient (Wildman–Crippen LogP) is 3.03. The van der Waals surface area contributed by atoms with E-state index in [4.69, 9.17) is 10.00 Å². The molecule has 1 unspecified atom stereocenters. The lowest BCUT2D eigenvalue weighted by Crippen LogP contribution is -2.27. The minimum absolute atomic E-state index is 0.163. The van der Waals surface area contributed by atoms with Crippen LogP contribution in [0.25, 0.3) is 0 Å². The second-order valence-electron chi connectivity index (χ2n) is 5.73. The number of nitrogens with zero attached hydrogens (tertiary/aromatic N) is 1. The highest BCUT2D eigenvalue weighted by molar-refractivity contribution is 5.94. The van der Waals surface area contributed by atoms with Gasteiger partial charge in [-0.25, -0.2) is 0 Å². The Bertz CT molecular complexity index is 735. The third-order valence-corrected chi connectivity index (χ3v) is 3.81.